The van der Waals surface area contributed by atoms with Crippen molar-refractivity contribution in [2.45, 2.75) is 32.2 Å². The topological polar surface area (TPSA) is 42.1 Å². The number of nitrogens with zero attached hydrogens (tertiary/aromatic N) is 2. The van der Waals surface area contributed by atoms with E-state index >= 15 is 0 Å². The summed E-state index contributed by atoms with van der Waals surface area (Å²) in [6.45, 7) is 3.01. The maximum atomic E-state index is 5.89. The third-order valence-electron chi connectivity index (χ3n) is 3.93. The molecule has 1 unspecified atom stereocenters. The van der Waals surface area contributed by atoms with Gasteiger partial charge in [0.25, 0.3) is 0 Å². The van der Waals surface area contributed by atoms with E-state index in [-0.39, 0.29) is 6.04 Å². The first-order chi connectivity index (χ1) is 9.75. The van der Waals surface area contributed by atoms with Gasteiger partial charge in [-0.3, -0.25) is 0 Å². The summed E-state index contributed by atoms with van der Waals surface area (Å²) in [6, 6.07) is 12.9. The van der Waals surface area contributed by atoms with Crippen molar-refractivity contribution < 1.29 is 0 Å². The number of hydrogen-bond donors (Lipinski definition) is 1. The molecule has 3 heteroatoms. The molecule has 1 aromatic heterocycles. The van der Waals surface area contributed by atoms with E-state index in [1.54, 1.807) is 0 Å². The molecule has 1 aromatic carbocycles. The molecule has 3 nitrogen and oxygen atoms in total. The summed E-state index contributed by atoms with van der Waals surface area (Å²) in [6.07, 6.45) is 5.49. The Bertz CT molecular complexity index is 575. The zero-order valence-corrected chi connectivity index (χ0v) is 11.9. The molecule has 0 amide bonds. The summed E-state index contributed by atoms with van der Waals surface area (Å²) in [7, 11) is 0. The Morgan fingerprint density at radius 1 is 1.15 bits per heavy atom. The second-order valence-electron chi connectivity index (χ2n) is 5.48. The van der Waals surface area contributed by atoms with Gasteiger partial charge in [-0.05, 0) is 49.4 Å². The zero-order chi connectivity index (χ0) is 13.9. The Hall–Kier alpha value is -1.87. The van der Waals surface area contributed by atoms with E-state index in [0.717, 1.165) is 24.3 Å². The van der Waals surface area contributed by atoms with Gasteiger partial charge in [0, 0.05) is 24.5 Å². The largest absolute Gasteiger partial charge is 0.326 e. The third kappa shape index (κ3) is 2.54. The lowest BCUT2D eigenvalue weighted by atomic mass is 10.1. The number of anilines is 2. The Kier molecular flexibility index (Phi) is 3.70. The average molecular weight is 267 g/mol. The Morgan fingerprint density at radius 2 is 2.00 bits per heavy atom. The van der Waals surface area contributed by atoms with Crippen molar-refractivity contribution in [3.63, 3.8) is 0 Å². The number of fused-ring (bicyclic) bond motifs is 1. The first-order valence-electron chi connectivity index (χ1n) is 7.32. The SMILES string of the molecule is CC(N)c1ccc(N2CCCCc3ccccc32)nc1. The molecule has 0 fully saturated rings. The molecule has 0 saturated carbocycles. The third-order valence-corrected chi connectivity index (χ3v) is 3.93. The van der Waals surface area contributed by atoms with E-state index in [4.69, 9.17) is 5.73 Å². The number of para-hydroxylation sites is 1. The van der Waals surface area contributed by atoms with E-state index < -0.39 is 0 Å². The number of aromatic nitrogens is 1. The van der Waals surface area contributed by atoms with E-state index in [2.05, 4.69) is 46.3 Å². The number of aryl methyl sites for hydroxylation is 1. The maximum Gasteiger partial charge on any atom is 0.132 e. The highest BCUT2D eigenvalue weighted by Gasteiger charge is 2.17. The van der Waals surface area contributed by atoms with Crippen LogP contribution in [0.1, 0.15) is 36.9 Å². The first-order valence-corrected chi connectivity index (χ1v) is 7.32. The second-order valence-corrected chi connectivity index (χ2v) is 5.48. The molecule has 3 rings (SSSR count). The van der Waals surface area contributed by atoms with Crippen molar-refractivity contribution in [2.24, 2.45) is 5.73 Å². The minimum Gasteiger partial charge on any atom is -0.326 e. The summed E-state index contributed by atoms with van der Waals surface area (Å²) in [4.78, 5) is 6.94. The van der Waals surface area contributed by atoms with Gasteiger partial charge < -0.3 is 10.6 Å². The first kappa shape index (κ1) is 13.1. The molecule has 2 aromatic rings. The van der Waals surface area contributed by atoms with Crippen LogP contribution in [0.2, 0.25) is 0 Å². The minimum atomic E-state index is 0.0352. The number of pyridine rings is 1. The predicted octanol–water partition coefficient (Wildman–Crippen LogP) is 3.58. The van der Waals surface area contributed by atoms with E-state index in [1.807, 2.05) is 13.1 Å². The molecule has 0 aliphatic carbocycles. The van der Waals surface area contributed by atoms with E-state index in [0.29, 0.717) is 0 Å². The van der Waals surface area contributed by atoms with Crippen LogP contribution >= 0.6 is 0 Å². The zero-order valence-electron chi connectivity index (χ0n) is 11.9. The molecule has 2 N–H and O–H groups in total. The molecule has 0 spiro atoms. The van der Waals surface area contributed by atoms with Crippen molar-refractivity contribution in [1.82, 2.24) is 4.98 Å². The van der Waals surface area contributed by atoms with Crippen molar-refractivity contribution in [3.8, 4) is 0 Å². The number of nitrogens with two attached hydrogens (primary N) is 1. The smallest absolute Gasteiger partial charge is 0.132 e. The highest BCUT2D eigenvalue weighted by atomic mass is 15.2. The molecule has 20 heavy (non-hydrogen) atoms. The van der Waals surface area contributed by atoms with Crippen LogP contribution in [0.25, 0.3) is 0 Å². The number of benzene rings is 1. The van der Waals surface area contributed by atoms with Crippen LogP contribution in [0, 0.1) is 0 Å². The molecular formula is C17H21N3. The fourth-order valence-corrected chi connectivity index (χ4v) is 2.76. The lowest BCUT2D eigenvalue weighted by Crippen LogP contribution is -2.19. The van der Waals surface area contributed by atoms with Crippen molar-refractivity contribution in [1.29, 1.82) is 0 Å². The molecule has 2 heterocycles. The van der Waals surface area contributed by atoms with Gasteiger partial charge in [-0.1, -0.05) is 24.3 Å². The standard InChI is InChI=1S/C17H21N3/c1-13(18)15-9-10-17(19-12-15)20-11-5-4-7-14-6-2-3-8-16(14)20/h2-3,6,8-10,12-13H,4-5,7,11,18H2,1H3. The minimum absolute atomic E-state index is 0.0352. The number of hydrogen-bond acceptors (Lipinski definition) is 3. The Labute approximate surface area is 120 Å². The monoisotopic (exact) mass is 267 g/mol. The van der Waals surface area contributed by atoms with Gasteiger partial charge in [0.1, 0.15) is 5.82 Å². The van der Waals surface area contributed by atoms with Gasteiger partial charge in [-0.15, -0.1) is 0 Å². The van der Waals surface area contributed by atoms with Crippen molar-refractivity contribution in [2.75, 3.05) is 11.4 Å². The molecule has 0 bridgehead atoms. The Morgan fingerprint density at radius 3 is 2.75 bits per heavy atom. The normalized spacial score (nSPS) is 16.4. The highest BCUT2D eigenvalue weighted by Crippen LogP contribution is 2.31. The average Bonchev–Trinajstić information content (AvgIpc) is 2.69. The Balaban J connectivity index is 1.97. The molecule has 1 aliphatic rings. The van der Waals surface area contributed by atoms with Crippen molar-refractivity contribution >= 4 is 11.5 Å². The highest BCUT2D eigenvalue weighted by molar-refractivity contribution is 5.64. The van der Waals surface area contributed by atoms with E-state index in [1.165, 1.54) is 24.1 Å². The van der Waals surface area contributed by atoms with Crippen LogP contribution in [0.3, 0.4) is 0 Å². The summed E-state index contributed by atoms with van der Waals surface area (Å²) in [5.74, 6) is 1.02. The molecular weight excluding hydrogens is 246 g/mol. The quantitative estimate of drug-likeness (QED) is 0.904. The van der Waals surface area contributed by atoms with Crippen LogP contribution in [0.5, 0.6) is 0 Å². The summed E-state index contributed by atoms with van der Waals surface area (Å²) < 4.78 is 0. The number of rotatable bonds is 2. The van der Waals surface area contributed by atoms with Crippen LogP contribution in [-0.4, -0.2) is 11.5 Å². The van der Waals surface area contributed by atoms with E-state index in [9.17, 15) is 0 Å². The molecule has 0 radical (unpaired) electrons. The van der Waals surface area contributed by atoms with Crippen LogP contribution in [0.15, 0.2) is 42.6 Å². The van der Waals surface area contributed by atoms with Crippen molar-refractivity contribution in [3.05, 3.63) is 53.7 Å². The van der Waals surface area contributed by atoms with Gasteiger partial charge >= 0.3 is 0 Å². The van der Waals surface area contributed by atoms with Gasteiger partial charge in [0.15, 0.2) is 0 Å². The van der Waals surface area contributed by atoms with Gasteiger partial charge in [-0.25, -0.2) is 4.98 Å². The van der Waals surface area contributed by atoms with Gasteiger partial charge in [0.05, 0.1) is 0 Å². The fourth-order valence-electron chi connectivity index (χ4n) is 2.76. The van der Waals surface area contributed by atoms with Crippen LogP contribution < -0.4 is 10.6 Å². The predicted molar refractivity (Wildman–Crippen MR) is 83.2 cm³/mol. The van der Waals surface area contributed by atoms with Gasteiger partial charge in [0.2, 0.25) is 0 Å². The summed E-state index contributed by atoms with van der Waals surface area (Å²) >= 11 is 0. The molecule has 0 saturated heterocycles. The summed E-state index contributed by atoms with van der Waals surface area (Å²) in [5, 5.41) is 0. The fraction of sp³-hybridized carbons (Fsp3) is 0.353. The summed E-state index contributed by atoms with van der Waals surface area (Å²) in [5.41, 5.74) is 9.69. The molecule has 1 atom stereocenters. The second kappa shape index (κ2) is 5.63. The molecule has 1 aliphatic heterocycles. The van der Waals surface area contributed by atoms with Crippen LogP contribution in [0.4, 0.5) is 11.5 Å². The van der Waals surface area contributed by atoms with Gasteiger partial charge in [-0.2, -0.15) is 0 Å². The molecule has 104 valence electrons. The maximum absolute atomic E-state index is 5.89. The van der Waals surface area contributed by atoms with Crippen LogP contribution in [-0.2, 0) is 6.42 Å². The lowest BCUT2D eigenvalue weighted by molar-refractivity contribution is 0.756. The lowest BCUT2D eigenvalue weighted by Gasteiger charge is -2.24.